The van der Waals surface area contributed by atoms with E-state index in [4.69, 9.17) is 4.74 Å². The summed E-state index contributed by atoms with van der Waals surface area (Å²) >= 11 is 1.49. The number of ether oxygens (including phenoxy) is 1. The van der Waals surface area contributed by atoms with Gasteiger partial charge in [0, 0.05) is 6.08 Å². The van der Waals surface area contributed by atoms with Gasteiger partial charge in [-0.2, -0.15) is 0 Å². The van der Waals surface area contributed by atoms with E-state index in [0.29, 0.717) is 5.01 Å². The van der Waals surface area contributed by atoms with Gasteiger partial charge in [-0.05, 0) is 55.7 Å². The van der Waals surface area contributed by atoms with E-state index in [1.54, 1.807) is 6.08 Å². The highest BCUT2D eigenvalue weighted by molar-refractivity contribution is 7.19. The molecule has 0 aliphatic heterocycles. The average molecular weight is 394 g/mol. The predicted molar refractivity (Wildman–Crippen MR) is 112 cm³/mol. The Labute approximate surface area is 168 Å². The van der Waals surface area contributed by atoms with Crippen molar-refractivity contribution >= 4 is 39.5 Å². The first-order chi connectivity index (χ1) is 13.4. The van der Waals surface area contributed by atoms with E-state index < -0.39 is 5.97 Å². The number of aryl methyl sites for hydroxylation is 2. The number of fused-ring (bicyclic) bond motifs is 1. The summed E-state index contributed by atoms with van der Waals surface area (Å²) in [6, 6.07) is 13.7. The summed E-state index contributed by atoms with van der Waals surface area (Å²) in [6.07, 6.45) is 2.89. The summed E-state index contributed by atoms with van der Waals surface area (Å²) in [6.45, 7) is 5.66. The topological polar surface area (TPSA) is 68.3 Å². The van der Waals surface area contributed by atoms with Gasteiger partial charge in [0.05, 0.1) is 16.3 Å². The Bertz CT molecular complexity index is 1010. The van der Waals surface area contributed by atoms with Gasteiger partial charge >= 0.3 is 5.97 Å². The summed E-state index contributed by atoms with van der Waals surface area (Å²) < 4.78 is 6.07. The lowest BCUT2D eigenvalue weighted by molar-refractivity contribution is -0.144. The Morgan fingerprint density at radius 2 is 1.96 bits per heavy atom. The van der Waals surface area contributed by atoms with Crippen molar-refractivity contribution in [3.05, 3.63) is 70.2 Å². The molecule has 3 aromatic rings. The summed E-state index contributed by atoms with van der Waals surface area (Å²) in [7, 11) is 0. The molecule has 1 atom stereocenters. The van der Waals surface area contributed by atoms with Crippen molar-refractivity contribution in [3.63, 3.8) is 0 Å². The second kappa shape index (κ2) is 8.80. The van der Waals surface area contributed by atoms with Gasteiger partial charge in [-0.15, -0.1) is 11.3 Å². The largest absolute Gasteiger partial charge is 0.452 e. The van der Waals surface area contributed by atoms with Crippen LogP contribution in [0, 0.1) is 13.8 Å². The van der Waals surface area contributed by atoms with Crippen molar-refractivity contribution in [2.24, 2.45) is 0 Å². The van der Waals surface area contributed by atoms with Gasteiger partial charge in [0.1, 0.15) is 5.01 Å². The Morgan fingerprint density at radius 1 is 1.18 bits per heavy atom. The number of nitrogens with zero attached hydrogens (tertiary/aromatic N) is 1. The number of rotatable bonds is 6. The third kappa shape index (κ3) is 5.04. The molecule has 1 aromatic heterocycles. The van der Waals surface area contributed by atoms with Crippen LogP contribution in [-0.2, 0) is 14.3 Å². The minimum Gasteiger partial charge on any atom is -0.452 e. The highest BCUT2D eigenvalue weighted by Crippen LogP contribution is 2.22. The van der Waals surface area contributed by atoms with Crippen molar-refractivity contribution < 1.29 is 14.3 Å². The molecule has 28 heavy (non-hydrogen) atoms. The molecule has 0 bridgehead atoms. The molecule has 1 amide bonds. The number of amides is 1. The molecule has 0 aliphatic carbocycles. The minimum absolute atomic E-state index is 0.163. The number of carbonyl (C=O) groups excluding carboxylic acids is 2. The molecule has 5 nitrogen and oxygen atoms in total. The normalized spacial score (nSPS) is 12.2. The number of nitrogens with one attached hydrogen (secondary N) is 1. The van der Waals surface area contributed by atoms with Crippen molar-refractivity contribution in [2.45, 2.75) is 26.8 Å². The van der Waals surface area contributed by atoms with E-state index in [1.165, 1.54) is 28.5 Å². The number of thiazole rings is 1. The fourth-order valence-corrected chi connectivity index (χ4v) is 3.56. The van der Waals surface area contributed by atoms with Crippen LogP contribution in [0.4, 0.5) is 0 Å². The number of carbonyl (C=O) groups is 2. The van der Waals surface area contributed by atoms with E-state index in [-0.39, 0.29) is 18.6 Å². The van der Waals surface area contributed by atoms with Gasteiger partial charge in [0.2, 0.25) is 0 Å². The average Bonchev–Trinajstić information content (AvgIpc) is 3.09. The highest BCUT2D eigenvalue weighted by Gasteiger charge is 2.12. The second-order valence-corrected chi connectivity index (χ2v) is 7.66. The Morgan fingerprint density at radius 3 is 2.71 bits per heavy atom. The molecule has 1 N–H and O–H groups in total. The molecular weight excluding hydrogens is 372 g/mol. The van der Waals surface area contributed by atoms with E-state index in [9.17, 15) is 9.59 Å². The fraction of sp³-hybridized carbons (Fsp3) is 0.227. The lowest BCUT2D eigenvalue weighted by Crippen LogP contribution is -2.31. The smallest absolute Gasteiger partial charge is 0.331 e. The van der Waals surface area contributed by atoms with Crippen LogP contribution in [0.25, 0.3) is 16.3 Å². The molecule has 0 saturated heterocycles. The minimum atomic E-state index is -0.576. The molecule has 1 heterocycles. The number of para-hydroxylation sites is 1. The van der Waals surface area contributed by atoms with Gasteiger partial charge in [0.25, 0.3) is 5.91 Å². The molecule has 3 rings (SSSR count). The predicted octanol–water partition coefficient (Wildman–Crippen LogP) is 4.35. The van der Waals surface area contributed by atoms with Crippen LogP contribution in [-0.4, -0.2) is 23.5 Å². The lowest BCUT2D eigenvalue weighted by Gasteiger charge is -2.15. The van der Waals surface area contributed by atoms with E-state index in [0.717, 1.165) is 15.8 Å². The van der Waals surface area contributed by atoms with Crippen molar-refractivity contribution in [1.29, 1.82) is 0 Å². The fourth-order valence-electron chi connectivity index (χ4n) is 2.69. The lowest BCUT2D eigenvalue weighted by atomic mass is 10.0. The molecule has 0 aliphatic rings. The maximum atomic E-state index is 12.1. The molecule has 0 spiro atoms. The second-order valence-electron chi connectivity index (χ2n) is 6.59. The quantitative estimate of drug-likeness (QED) is 0.499. The van der Waals surface area contributed by atoms with E-state index in [2.05, 4.69) is 10.3 Å². The highest BCUT2D eigenvalue weighted by atomic mass is 32.1. The van der Waals surface area contributed by atoms with Crippen LogP contribution in [0.5, 0.6) is 0 Å². The zero-order chi connectivity index (χ0) is 20.1. The summed E-state index contributed by atoms with van der Waals surface area (Å²) in [5, 5.41) is 3.55. The van der Waals surface area contributed by atoms with Gasteiger partial charge in [-0.25, -0.2) is 9.78 Å². The zero-order valence-electron chi connectivity index (χ0n) is 16.1. The third-order valence-electron chi connectivity index (χ3n) is 4.43. The van der Waals surface area contributed by atoms with Crippen LogP contribution in [0.15, 0.2) is 48.5 Å². The molecule has 2 aromatic carbocycles. The molecule has 0 fully saturated rings. The Balaban J connectivity index is 1.49. The third-order valence-corrected chi connectivity index (χ3v) is 5.43. The van der Waals surface area contributed by atoms with Crippen LogP contribution >= 0.6 is 11.3 Å². The van der Waals surface area contributed by atoms with Gasteiger partial charge < -0.3 is 10.1 Å². The Hall–Kier alpha value is -2.99. The van der Waals surface area contributed by atoms with Crippen LogP contribution in [0.3, 0.4) is 0 Å². The molecule has 6 heteroatoms. The SMILES string of the molecule is Cc1ccc(C(C)NC(=O)COC(=O)/C=C/c2nc3ccccc3s2)cc1C. The van der Waals surface area contributed by atoms with Gasteiger partial charge in [-0.1, -0.05) is 30.3 Å². The number of aromatic nitrogens is 1. The molecule has 1 unspecified atom stereocenters. The van der Waals surface area contributed by atoms with E-state index >= 15 is 0 Å². The first-order valence-corrected chi connectivity index (χ1v) is 9.81. The maximum absolute atomic E-state index is 12.1. The maximum Gasteiger partial charge on any atom is 0.331 e. The van der Waals surface area contributed by atoms with Crippen molar-refractivity contribution in [3.8, 4) is 0 Å². The monoisotopic (exact) mass is 394 g/mol. The van der Waals surface area contributed by atoms with Crippen LogP contribution < -0.4 is 5.32 Å². The zero-order valence-corrected chi connectivity index (χ0v) is 16.9. The molecule has 0 saturated carbocycles. The van der Waals surface area contributed by atoms with Crippen LogP contribution in [0.1, 0.15) is 34.7 Å². The number of esters is 1. The summed E-state index contributed by atoms with van der Waals surface area (Å²) in [4.78, 5) is 28.3. The molecule has 0 radical (unpaired) electrons. The first-order valence-electron chi connectivity index (χ1n) is 8.99. The molecule has 144 valence electrons. The van der Waals surface area contributed by atoms with Crippen molar-refractivity contribution in [1.82, 2.24) is 10.3 Å². The van der Waals surface area contributed by atoms with E-state index in [1.807, 2.05) is 63.2 Å². The first kappa shape index (κ1) is 19.8. The summed E-state index contributed by atoms with van der Waals surface area (Å²) in [5.41, 5.74) is 4.28. The number of hydrogen-bond acceptors (Lipinski definition) is 5. The Kier molecular flexibility index (Phi) is 6.21. The molecular formula is C22H22N2O3S. The van der Waals surface area contributed by atoms with Gasteiger partial charge in [-0.3, -0.25) is 4.79 Å². The van der Waals surface area contributed by atoms with Crippen molar-refractivity contribution in [2.75, 3.05) is 6.61 Å². The summed E-state index contributed by atoms with van der Waals surface area (Å²) in [5.74, 6) is -0.916. The van der Waals surface area contributed by atoms with Gasteiger partial charge in [0.15, 0.2) is 6.61 Å². The number of hydrogen-bond donors (Lipinski definition) is 1. The number of benzene rings is 2. The van der Waals surface area contributed by atoms with Crippen LogP contribution in [0.2, 0.25) is 0 Å². The standard InChI is InChI=1S/C22H22N2O3S/c1-14-8-9-17(12-15(14)2)16(3)23-20(25)13-27-22(26)11-10-21-24-18-6-4-5-7-19(18)28-21/h4-12,16H,13H2,1-3H3,(H,23,25)/b11-10+.